The van der Waals surface area contributed by atoms with Crippen LogP contribution < -0.4 is 15.5 Å². The number of ether oxygens (including phenoxy) is 2. The molecule has 3 amide bonds. The van der Waals surface area contributed by atoms with E-state index in [1.807, 2.05) is 52.8 Å². The Balaban J connectivity index is 1.70. The lowest BCUT2D eigenvalue weighted by atomic mass is 10.0. The van der Waals surface area contributed by atoms with Crippen molar-refractivity contribution in [1.82, 2.24) is 20.2 Å². The van der Waals surface area contributed by atoms with Gasteiger partial charge in [-0.2, -0.15) is 0 Å². The number of anilines is 2. The first-order valence-corrected chi connectivity index (χ1v) is 12.9. The van der Waals surface area contributed by atoms with Crippen molar-refractivity contribution >= 4 is 23.6 Å². The molecule has 1 unspecified atom stereocenters. The van der Waals surface area contributed by atoms with Crippen LogP contribution in [0.5, 0.6) is 0 Å². The zero-order valence-corrected chi connectivity index (χ0v) is 22.7. The van der Waals surface area contributed by atoms with Gasteiger partial charge in [0.2, 0.25) is 0 Å². The summed E-state index contributed by atoms with van der Waals surface area (Å²) in [6.07, 6.45) is 0.319. The molecule has 2 N–H and O–H groups in total. The van der Waals surface area contributed by atoms with Crippen LogP contribution >= 0.6 is 0 Å². The molecule has 0 aliphatic carbocycles. The second kappa shape index (κ2) is 10.9. The van der Waals surface area contributed by atoms with Crippen molar-refractivity contribution in [2.24, 2.45) is 0 Å². The largest absolute Gasteiger partial charge is 0.444 e. The summed E-state index contributed by atoms with van der Waals surface area (Å²) >= 11 is 0. The number of rotatable bonds is 4. The predicted molar refractivity (Wildman–Crippen MR) is 143 cm³/mol. The van der Waals surface area contributed by atoms with Gasteiger partial charge in [0.05, 0.1) is 31.5 Å². The third-order valence-electron chi connectivity index (χ3n) is 6.40. The van der Waals surface area contributed by atoms with Crippen LogP contribution in [0.4, 0.5) is 21.1 Å². The van der Waals surface area contributed by atoms with E-state index in [1.54, 1.807) is 4.90 Å². The number of nitrogens with one attached hydrogen (secondary N) is 2. The van der Waals surface area contributed by atoms with Crippen molar-refractivity contribution in [2.75, 3.05) is 43.1 Å². The van der Waals surface area contributed by atoms with E-state index in [0.29, 0.717) is 45.1 Å². The number of amides is 3. The van der Waals surface area contributed by atoms with Gasteiger partial charge in [-0.05, 0) is 71.7 Å². The summed E-state index contributed by atoms with van der Waals surface area (Å²) in [5.74, 6) is 1.49. The smallest absolute Gasteiger partial charge is 0.410 e. The molecule has 1 aromatic carbocycles. The zero-order chi connectivity index (χ0) is 26.7. The molecule has 2 aliphatic heterocycles. The summed E-state index contributed by atoms with van der Waals surface area (Å²) in [7, 11) is 0. The van der Waals surface area contributed by atoms with E-state index in [4.69, 9.17) is 19.4 Å². The highest BCUT2D eigenvalue weighted by molar-refractivity contribution is 5.90. The van der Waals surface area contributed by atoms with Crippen molar-refractivity contribution in [2.45, 2.75) is 66.2 Å². The van der Waals surface area contributed by atoms with Gasteiger partial charge in [0.15, 0.2) is 5.82 Å². The Morgan fingerprint density at radius 3 is 2.68 bits per heavy atom. The van der Waals surface area contributed by atoms with E-state index >= 15 is 0 Å². The maximum atomic E-state index is 12.8. The number of fused-ring (bicyclic) bond motifs is 1. The highest BCUT2D eigenvalue weighted by Crippen LogP contribution is 2.32. The van der Waals surface area contributed by atoms with E-state index in [0.717, 1.165) is 40.4 Å². The normalized spacial score (nSPS) is 17.7. The first-order valence-electron chi connectivity index (χ1n) is 12.9. The van der Waals surface area contributed by atoms with Crippen LogP contribution in [0.2, 0.25) is 0 Å². The molecule has 1 fully saturated rings. The Morgan fingerprint density at radius 2 is 2.00 bits per heavy atom. The first-order chi connectivity index (χ1) is 17.6. The van der Waals surface area contributed by atoms with Crippen LogP contribution in [0.1, 0.15) is 51.4 Å². The molecule has 0 bridgehead atoms. The maximum Gasteiger partial charge on any atom is 0.410 e. The Bertz CT molecular complexity index is 1160. The fraction of sp³-hybridized carbons (Fsp3) is 0.556. The number of aryl methyl sites for hydroxylation is 1. The summed E-state index contributed by atoms with van der Waals surface area (Å²) < 4.78 is 11.3. The second-order valence-corrected chi connectivity index (χ2v) is 10.6. The van der Waals surface area contributed by atoms with Crippen LogP contribution in [0, 0.1) is 6.92 Å². The van der Waals surface area contributed by atoms with Crippen molar-refractivity contribution in [3.8, 4) is 11.4 Å². The lowest BCUT2D eigenvalue weighted by molar-refractivity contribution is 0.0220. The van der Waals surface area contributed by atoms with Crippen LogP contribution in [-0.2, 0) is 22.4 Å². The number of urea groups is 1. The monoisotopic (exact) mass is 510 g/mol. The highest BCUT2D eigenvalue weighted by atomic mass is 16.6. The maximum absolute atomic E-state index is 12.8. The van der Waals surface area contributed by atoms with Gasteiger partial charge in [-0.3, -0.25) is 0 Å². The number of carbonyl (C=O) groups excluding carboxylic acids is 2. The topological polar surface area (TPSA) is 109 Å². The quantitative estimate of drug-likeness (QED) is 0.637. The highest BCUT2D eigenvalue weighted by Gasteiger charge is 2.32. The van der Waals surface area contributed by atoms with Crippen molar-refractivity contribution in [3.05, 3.63) is 35.0 Å². The SMILES string of the molecule is CCNC(=O)Nc1ccc(-c2nc3c(c(N4CCOCC4C)n2)CCN(C(=O)OC(C)(C)C)C3)cc1C. The van der Waals surface area contributed by atoms with Gasteiger partial charge in [-0.1, -0.05) is 0 Å². The van der Waals surface area contributed by atoms with Crippen LogP contribution in [0.25, 0.3) is 11.4 Å². The number of hydrogen-bond donors (Lipinski definition) is 2. The second-order valence-electron chi connectivity index (χ2n) is 10.6. The third kappa shape index (κ3) is 6.30. The minimum atomic E-state index is -0.566. The Morgan fingerprint density at radius 1 is 1.22 bits per heavy atom. The van der Waals surface area contributed by atoms with Gasteiger partial charge in [-0.25, -0.2) is 19.6 Å². The Labute approximate surface area is 218 Å². The molecule has 0 radical (unpaired) electrons. The van der Waals surface area contributed by atoms with Crippen molar-refractivity contribution in [1.29, 1.82) is 0 Å². The average molecular weight is 511 g/mol. The van der Waals surface area contributed by atoms with Crippen LogP contribution in [0.3, 0.4) is 0 Å². The molecular formula is C27H38N6O4. The molecule has 0 spiro atoms. The number of nitrogens with zero attached hydrogens (tertiary/aromatic N) is 4. The average Bonchev–Trinajstić information content (AvgIpc) is 2.83. The number of carbonyl (C=O) groups is 2. The molecule has 1 atom stereocenters. The summed E-state index contributed by atoms with van der Waals surface area (Å²) in [6.45, 7) is 15.0. The van der Waals surface area contributed by atoms with Gasteiger partial charge in [0, 0.05) is 36.4 Å². The van der Waals surface area contributed by atoms with E-state index in [9.17, 15) is 9.59 Å². The van der Waals surface area contributed by atoms with Crippen LogP contribution in [-0.4, -0.2) is 71.5 Å². The zero-order valence-electron chi connectivity index (χ0n) is 22.7. The van der Waals surface area contributed by atoms with Gasteiger partial charge < -0.3 is 29.9 Å². The van der Waals surface area contributed by atoms with E-state index in [1.165, 1.54) is 0 Å². The fourth-order valence-corrected chi connectivity index (χ4v) is 4.57. The standard InChI is InChI=1S/C27H38N6O4/c1-7-28-25(34)30-21-9-8-19(14-17(21)2)23-29-22-15-32(26(35)37-27(4,5)6)11-10-20(22)24(31-23)33-12-13-36-16-18(33)3/h8-9,14,18H,7,10-13,15-16H2,1-6H3,(H2,28,30,34). The summed E-state index contributed by atoms with van der Waals surface area (Å²) in [5.41, 5.74) is 3.82. The minimum Gasteiger partial charge on any atom is -0.444 e. The summed E-state index contributed by atoms with van der Waals surface area (Å²) in [5, 5.41) is 5.62. The molecule has 1 saturated heterocycles. The molecule has 200 valence electrons. The van der Waals surface area contributed by atoms with E-state index < -0.39 is 5.60 Å². The molecular weight excluding hydrogens is 472 g/mol. The summed E-state index contributed by atoms with van der Waals surface area (Å²) in [4.78, 5) is 38.8. The lowest BCUT2D eigenvalue weighted by Gasteiger charge is -2.38. The Hall–Kier alpha value is -3.40. The molecule has 1 aromatic heterocycles. The number of benzene rings is 1. The minimum absolute atomic E-state index is 0.176. The fourth-order valence-electron chi connectivity index (χ4n) is 4.57. The summed E-state index contributed by atoms with van der Waals surface area (Å²) in [6, 6.07) is 5.69. The van der Waals surface area contributed by atoms with Gasteiger partial charge in [-0.15, -0.1) is 0 Å². The molecule has 37 heavy (non-hydrogen) atoms. The molecule has 4 rings (SSSR count). The lowest BCUT2D eigenvalue weighted by Crippen LogP contribution is -2.46. The molecule has 10 heteroatoms. The molecule has 3 heterocycles. The van der Waals surface area contributed by atoms with Crippen molar-refractivity contribution < 1.29 is 19.1 Å². The van der Waals surface area contributed by atoms with Crippen molar-refractivity contribution in [3.63, 3.8) is 0 Å². The molecule has 10 nitrogen and oxygen atoms in total. The number of hydrogen-bond acceptors (Lipinski definition) is 7. The molecule has 2 aromatic rings. The van der Waals surface area contributed by atoms with Gasteiger partial charge >= 0.3 is 12.1 Å². The Kier molecular flexibility index (Phi) is 7.87. The first kappa shape index (κ1) is 26.7. The number of morpholine rings is 1. The van der Waals surface area contributed by atoms with Gasteiger partial charge in [0.25, 0.3) is 0 Å². The van der Waals surface area contributed by atoms with Gasteiger partial charge in [0.1, 0.15) is 11.4 Å². The predicted octanol–water partition coefficient (Wildman–Crippen LogP) is 4.11. The van der Waals surface area contributed by atoms with Crippen LogP contribution in [0.15, 0.2) is 18.2 Å². The molecule has 0 saturated carbocycles. The van der Waals surface area contributed by atoms with E-state index in [2.05, 4.69) is 22.5 Å². The van der Waals surface area contributed by atoms with E-state index in [-0.39, 0.29) is 18.2 Å². The number of aromatic nitrogens is 2. The third-order valence-corrected chi connectivity index (χ3v) is 6.40. The molecule has 2 aliphatic rings.